The summed E-state index contributed by atoms with van der Waals surface area (Å²) in [7, 11) is 0. The average molecular weight is 384 g/mol. The van der Waals surface area contributed by atoms with Gasteiger partial charge in [-0.2, -0.15) is 0 Å². The van der Waals surface area contributed by atoms with Crippen molar-refractivity contribution in [2.24, 2.45) is 0 Å². The van der Waals surface area contributed by atoms with E-state index in [1.165, 1.54) is 32.9 Å². The summed E-state index contributed by atoms with van der Waals surface area (Å²) >= 11 is 3.06. The Morgan fingerprint density at radius 3 is 2.54 bits per heavy atom. The van der Waals surface area contributed by atoms with Crippen LogP contribution in [0.25, 0.3) is 0 Å². The predicted octanol–water partition coefficient (Wildman–Crippen LogP) is 4.69. The van der Waals surface area contributed by atoms with Crippen LogP contribution in [-0.2, 0) is 12.3 Å². The van der Waals surface area contributed by atoms with Gasteiger partial charge in [0.25, 0.3) is 5.91 Å². The SMILES string of the molecule is Cc1ccc(CNC(=O)c2nnc(CSc3ccc(C)c(C)c3)s2)cc1. The first-order valence-corrected chi connectivity index (χ1v) is 10.2. The quantitative estimate of drug-likeness (QED) is 0.628. The molecule has 0 aliphatic heterocycles. The van der Waals surface area contributed by atoms with Crippen molar-refractivity contribution in [3.63, 3.8) is 0 Å². The maximum atomic E-state index is 12.2. The predicted molar refractivity (Wildman–Crippen MR) is 108 cm³/mol. The second-order valence-corrected chi connectivity index (χ2v) is 8.31. The van der Waals surface area contributed by atoms with Gasteiger partial charge in [0.2, 0.25) is 5.01 Å². The Labute approximate surface area is 162 Å². The van der Waals surface area contributed by atoms with Crippen LogP contribution in [0, 0.1) is 20.8 Å². The first kappa shape index (κ1) is 18.6. The minimum Gasteiger partial charge on any atom is -0.346 e. The number of hydrogen-bond acceptors (Lipinski definition) is 5. The van der Waals surface area contributed by atoms with Crippen LogP contribution in [0.3, 0.4) is 0 Å². The highest BCUT2D eigenvalue weighted by molar-refractivity contribution is 7.98. The van der Waals surface area contributed by atoms with E-state index in [-0.39, 0.29) is 5.91 Å². The number of nitrogens with zero attached hydrogens (tertiary/aromatic N) is 2. The van der Waals surface area contributed by atoms with Crippen LogP contribution in [0.5, 0.6) is 0 Å². The molecule has 3 aromatic rings. The summed E-state index contributed by atoms with van der Waals surface area (Å²) in [6, 6.07) is 14.5. The normalized spacial score (nSPS) is 10.7. The highest BCUT2D eigenvalue weighted by atomic mass is 32.2. The molecule has 0 bridgehead atoms. The molecule has 26 heavy (non-hydrogen) atoms. The number of hydrogen-bond donors (Lipinski definition) is 1. The van der Waals surface area contributed by atoms with Gasteiger partial charge in [0.05, 0.1) is 5.75 Å². The topological polar surface area (TPSA) is 54.9 Å². The summed E-state index contributed by atoms with van der Waals surface area (Å²) in [6.07, 6.45) is 0. The van der Waals surface area contributed by atoms with Crippen LogP contribution < -0.4 is 5.32 Å². The van der Waals surface area contributed by atoms with E-state index in [1.807, 2.05) is 31.2 Å². The highest BCUT2D eigenvalue weighted by Gasteiger charge is 2.13. The smallest absolute Gasteiger partial charge is 0.282 e. The molecule has 1 heterocycles. The van der Waals surface area contributed by atoms with Crippen LogP contribution in [-0.4, -0.2) is 16.1 Å². The largest absolute Gasteiger partial charge is 0.346 e. The Hall–Kier alpha value is -2.18. The van der Waals surface area contributed by atoms with E-state index in [0.29, 0.717) is 17.3 Å². The van der Waals surface area contributed by atoms with Crippen LogP contribution in [0.4, 0.5) is 0 Å². The fraction of sp³-hybridized carbons (Fsp3) is 0.250. The Kier molecular flexibility index (Phi) is 6.06. The first-order valence-electron chi connectivity index (χ1n) is 8.37. The van der Waals surface area contributed by atoms with Crippen molar-refractivity contribution in [1.29, 1.82) is 0 Å². The van der Waals surface area contributed by atoms with Crippen LogP contribution >= 0.6 is 23.1 Å². The van der Waals surface area contributed by atoms with Crippen LogP contribution in [0.15, 0.2) is 47.4 Å². The summed E-state index contributed by atoms with van der Waals surface area (Å²) < 4.78 is 0. The first-order chi connectivity index (χ1) is 12.5. The Morgan fingerprint density at radius 1 is 1.04 bits per heavy atom. The Balaban J connectivity index is 1.54. The Bertz CT molecular complexity index is 904. The van der Waals surface area contributed by atoms with E-state index in [1.54, 1.807) is 11.8 Å². The van der Waals surface area contributed by atoms with Crippen molar-refractivity contribution in [2.45, 2.75) is 38.0 Å². The van der Waals surface area contributed by atoms with Gasteiger partial charge in [-0.15, -0.1) is 22.0 Å². The van der Waals surface area contributed by atoms with Gasteiger partial charge in [0, 0.05) is 11.4 Å². The standard InChI is InChI=1S/C20H21N3OS2/c1-13-4-7-16(8-5-13)11-21-19(24)20-23-22-18(26-20)12-25-17-9-6-14(2)15(3)10-17/h4-10H,11-12H2,1-3H3,(H,21,24). The molecule has 1 aromatic heterocycles. The molecule has 0 atom stereocenters. The number of carbonyl (C=O) groups excluding carboxylic acids is 1. The number of amides is 1. The Morgan fingerprint density at radius 2 is 1.81 bits per heavy atom. The minimum atomic E-state index is -0.175. The third-order valence-electron chi connectivity index (χ3n) is 4.08. The van der Waals surface area contributed by atoms with Crippen molar-refractivity contribution < 1.29 is 4.79 Å². The van der Waals surface area contributed by atoms with Crippen molar-refractivity contribution in [3.8, 4) is 0 Å². The molecule has 0 spiro atoms. The lowest BCUT2D eigenvalue weighted by Crippen LogP contribution is -2.22. The van der Waals surface area contributed by atoms with Crippen LogP contribution in [0.2, 0.25) is 0 Å². The van der Waals surface area contributed by atoms with Gasteiger partial charge in [0.15, 0.2) is 0 Å². The lowest BCUT2D eigenvalue weighted by Gasteiger charge is -2.03. The number of thioether (sulfide) groups is 1. The third-order valence-corrected chi connectivity index (χ3v) is 6.19. The zero-order valence-electron chi connectivity index (χ0n) is 15.1. The maximum absolute atomic E-state index is 12.2. The molecule has 0 unspecified atom stereocenters. The molecule has 134 valence electrons. The fourth-order valence-electron chi connectivity index (χ4n) is 2.32. The number of aryl methyl sites for hydroxylation is 3. The van der Waals surface area contributed by atoms with Crippen molar-refractivity contribution >= 4 is 29.0 Å². The zero-order valence-corrected chi connectivity index (χ0v) is 16.7. The second kappa shape index (κ2) is 8.47. The van der Waals surface area contributed by atoms with Crippen molar-refractivity contribution in [1.82, 2.24) is 15.5 Å². The second-order valence-electron chi connectivity index (χ2n) is 6.20. The molecular weight excluding hydrogens is 362 g/mol. The van der Waals surface area contributed by atoms with Crippen molar-refractivity contribution in [3.05, 3.63) is 74.7 Å². The molecule has 2 aromatic carbocycles. The lowest BCUT2D eigenvalue weighted by molar-refractivity contribution is 0.0950. The molecule has 6 heteroatoms. The molecule has 0 fully saturated rings. The molecule has 3 rings (SSSR count). The van der Waals surface area contributed by atoms with E-state index in [0.717, 1.165) is 10.6 Å². The van der Waals surface area contributed by atoms with Gasteiger partial charge in [-0.3, -0.25) is 4.79 Å². The maximum Gasteiger partial charge on any atom is 0.282 e. The molecule has 0 saturated heterocycles. The van der Waals surface area contributed by atoms with Crippen LogP contribution in [0.1, 0.15) is 37.1 Å². The third kappa shape index (κ3) is 4.93. The lowest BCUT2D eigenvalue weighted by atomic mass is 10.1. The summed E-state index contributed by atoms with van der Waals surface area (Å²) in [4.78, 5) is 13.4. The molecule has 4 nitrogen and oxygen atoms in total. The number of aromatic nitrogens is 2. The van der Waals surface area contributed by atoms with Gasteiger partial charge >= 0.3 is 0 Å². The number of carbonyl (C=O) groups is 1. The van der Waals surface area contributed by atoms with E-state index < -0.39 is 0 Å². The van der Waals surface area contributed by atoms with Gasteiger partial charge < -0.3 is 5.32 Å². The number of rotatable bonds is 6. The number of nitrogens with one attached hydrogen (secondary N) is 1. The monoisotopic (exact) mass is 383 g/mol. The molecule has 0 aliphatic rings. The molecule has 1 amide bonds. The number of benzene rings is 2. The van der Waals surface area contributed by atoms with E-state index in [2.05, 4.69) is 47.6 Å². The summed E-state index contributed by atoms with van der Waals surface area (Å²) in [5.74, 6) is 0.538. The van der Waals surface area contributed by atoms with Gasteiger partial charge in [-0.05, 0) is 49.6 Å². The summed E-state index contributed by atoms with van der Waals surface area (Å²) in [5.41, 5.74) is 4.84. The zero-order chi connectivity index (χ0) is 18.5. The van der Waals surface area contributed by atoms with E-state index in [4.69, 9.17) is 0 Å². The molecule has 0 aliphatic carbocycles. The summed E-state index contributed by atoms with van der Waals surface area (Å²) in [6.45, 7) is 6.75. The van der Waals surface area contributed by atoms with Crippen molar-refractivity contribution in [2.75, 3.05) is 0 Å². The highest BCUT2D eigenvalue weighted by Crippen LogP contribution is 2.26. The average Bonchev–Trinajstić information content (AvgIpc) is 3.11. The molecule has 0 saturated carbocycles. The molecule has 1 N–H and O–H groups in total. The summed E-state index contributed by atoms with van der Waals surface area (Å²) in [5, 5.41) is 12.3. The van der Waals surface area contributed by atoms with E-state index in [9.17, 15) is 4.79 Å². The van der Waals surface area contributed by atoms with E-state index >= 15 is 0 Å². The van der Waals surface area contributed by atoms with Gasteiger partial charge in [-0.25, -0.2) is 0 Å². The molecular formula is C20H21N3OS2. The molecule has 0 radical (unpaired) electrons. The van der Waals surface area contributed by atoms with Gasteiger partial charge in [-0.1, -0.05) is 47.2 Å². The fourth-order valence-corrected chi connectivity index (χ4v) is 4.05. The minimum absolute atomic E-state index is 0.175. The van der Waals surface area contributed by atoms with Gasteiger partial charge in [0.1, 0.15) is 5.01 Å².